The molecule has 0 saturated carbocycles. The minimum absolute atomic E-state index is 0.0661. The van der Waals surface area contributed by atoms with Crippen LogP contribution >= 0.6 is 39.1 Å². The number of nitrogens with one attached hydrogen (secondary N) is 1. The number of rotatable bonds is 5. The number of hydrogen-bond acceptors (Lipinski definition) is 1. The van der Waals surface area contributed by atoms with Crippen LogP contribution in [0.4, 0.5) is 4.39 Å². The Morgan fingerprint density at radius 1 is 1.19 bits per heavy atom. The standard InChI is InChI=1S/C16H15BrCl2FN/c1-2-21-16(13-5-4-12(18)9-14(13)19)8-10-7-11(17)3-6-15(10)20/h3-7,9,16,21H,2,8H2,1H3. The van der Waals surface area contributed by atoms with Gasteiger partial charge in [-0.1, -0.05) is 52.1 Å². The van der Waals surface area contributed by atoms with Crippen LogP contribution in [0.2, 0.25) is 10.0 Å². The molecular weight excluding hydrogens is 376 g/mol. The van der Waals surface area contributed by atoms with Gasteiger partial charge in [0.05, 0.1) is 0 Å². The van der Waals surface area contributed by atoms with Gasteiger partial charge in [0.15, 0.2) is 0 Å². The third-order valence-electron chi connectivity index (χ3n) is 3.22. The van der Waals surface area contributed by atoms with Crippen LogP contribution in [-0.4, -0.2) is 6.54 Å². The summed E-state index contributed by atoms with van der Waals surface area (Å²) in [5, 5.41) is 4.52. The Balaban J connectivity index is 2.32. The zero-order valence-electron chi connectivity index (χ0n) is 11.5. The second-order valence-corrected chi connectivity index (χ2v) is 6.48. The minimum Gasteiger partial charge on any atom is -0.310 e. The van der Waals surface area contributed by atoms with Gasteiger partial charge in [-0.15, -0.1) is 0 Å². The monoisotopic (exact) mass is 389 g/mol. The highest BCUT2D eigenvalue weighted by atomic mass is 79.9. The van der Waals surface area contributed by atoms with Crippen LogP contribution < -0.4 is 5.32 Å². The molecule has 0 aromatic heterocycles. The first kappa shape index (κ1) is 16.8. The zero-order valence-corrected chi connectivity index (χ0v) is 14.6. The van der Waals surface area contributed by atoms with Crippen LogP contribution in [0.25, 0.3) is 0 Å². The van der Waals surface area contributed by atoms with Crippen molar-refractivity contribution in [2.45, 2.75) is 19.4 Å². The van der Waals surface area contributed by atoms with Crippen LogP contribution in [0.15, 0.2) is 40.9 Å². The fourth-order valence-corrected chi connectivity index (χ4v) is 3.19. The molecule has 5 heteroatoms. The average Bonchev–Trinajstić information content (AvgIpc) is 2.42. The first-order chi connectivity index (χ1) is 10.0. The lowest BCUT2D eigenvalue weighted by molar-refractivity contribution is 0.528. The van der Waals surface area contributed by atoms with Gasteiger partial charge < -0.3 is 5.32 Å². The fourth-order valence-electron chi connectivity index (χ4n) is 2.24. The van der Waals surface area contributed by atoms with E-state index in [4.69, 9.17) is 23.2 Å². The molecular formula is C16H15BrCl2FN. The molecule has 1 atom stereocenters. The molecule has 21 heavy (non-hydrogen) atoms. The van der Waals surface area contributed by atoms with Crippen LogP contribution in [0.3, 0.4) is 0 Å². The fraction of sp³-hybridized carbons (Fsp3) is 0.250. The van der Waals surface area contributed by atoms with Crippen molar-refractivity contribution in [1.29, 1.82) is 0 Å². The molecule has 0 amide bonds. The van der Waals surface area contributed by atoms with Crippen LogP contribution in [0, 0.1) is 5.82 Å². The van der Waals surface area contributed by atoms with Gasteiger partial charge in [0.25, 0.3) is 0 Å². The van der Waals surface area contributed by atoms with Crippen molar-refractivity contribution in [3.05, 3.63) is 67.9 Å². The average molecular weight is 391 g/mol. The van der Waals surface area contributed by atoms with Gasteiger partial charge in [-0.05, 0) is 54.4 Å². The summed E-state index contributed by atoms with van der Waals surface area (Å²) in [5.41, 5.74) is 1.56. The molecule has 0 fully saturated rings. The van der Waals surface area contributed by atoms with Gasteiger partial charge in [-0.2, -0.15) is 0 Å². The van der Waals surface area contributed by atoms with E-state index >= 15 is 0 Å². The summed E-state index contributed by atoms with van der Waals surface area (Å²) in [5.74, 6) is -0.216. The summed E-state index contributed by atoms with van der Waals surface area (Å²) in [6.45, 7) is 2.77. The molecule has 112 valence electrons. The van der Waals surface area contributed by atoms with Gasteiger partial charge >= 0.3 is 0 Å². The molecule has 1 nitrogen and oxygen atoms in total. The highest BCUT2D eigenvalue weighted by Crippen LogP contribution is 2.29. The molecule has 0 aliphatic rings. The largest absolute Gasteiger partial charge is 0.310 e. The third-order valence-corrected chi connectivity index (χ3v) is 4.28. The van der Waals surface area contributed by atoms with Crippen LogP contribution in [0.1, 0.15) is 24.1 Å². The molecule has 1 N–H and O–H groups in total. The van der Waals surface area contributed by atoms with E-state index in [9.17, 15) is 4.39 Å². The third kappa shape index (κ3) is 4.43. The SMILES string of the molecule is CCNC(Cc1cc(Br)ccc1F)c1ccc(Cl)cc1Cl. The highest BCUT2D eigenvalue weighted by molar-refractivity contribution is 9.10. The second-order valence-electron chi connectivity index (χ2n) is 4.72. The Morgan fingerprint density at radius 2 is 1.95 bits per heavy atom. The summed E-state index contributed by atoms with van der Waals surface area (Å²) in [6.07, 6.45) is 0.514. The molecule has 1 unspecified atom stereocenters. The smallest absolute Gasteiger partial charge is 0.126 e. The summed E-state index contributed by atoms with van der Waals surface area (Å²) in [6, 6.07) is 10.3. The van der Waals surface area contributed by atoms with Gasteiger partial charge in [0.2, 0.25) is 0 Å². The maximum absolute atomic E-state index is 13.9. The maximum atomic E-state index is 13.9. The maximum Gasteiger partial charge on any atom is 0.126 e. The van der Waals surface area contributed by atoms with Gasteiger partial charge in [0, 0.05) is 20.6 Å². The van der Waals surface area contributed by atoms with Gasteiger partial charge in [-0.25, -0.2) is 4.39 Å². The van der Waals surface area contributed by atoms with Crippen molar-refractivity contribution >= 4 is 39.1 Å². The van der Waals surface area contributed by atoms with Crippen molar-refractivity contribution in [3.63, 3.8) is 0 Å². The van der Waals surface area contributed by atoms with Crippen LogP contribution in [0.5, 0.6) is 0 Å². The topological polar surface area (TPSA) is 12.0 Å². The van der Waals surface area contributed by atoms with E-state index in [2.05, 4.69) is 21.2 Å². The molecule has 0 bridgehead atoms. The molecule has 2 aromatic carbocycles. The van der Waals surface area contributed by atoms with Crippen molar-refractivity contribution in [2.24, 2.45) is 0 Å². The van der Waals surface area contributed by atoms with Crippen LogP contribution in [-0.2, 0) is 6.42 Å². The predicted molar refractivity (Wildman–Crippen MR) is 90.7 cm³/mol. The predicted octanol–water partition coefficient (Wildman–Crippen LogP) is 5.79. The van der Waals surface area contributed by atoms with E-state index in [0.717, 1.165) is 16.6 Å². The molecule has 2 aromatic rings. The lowest BCUT2D eigenvalue weighted by Crippen LogP contribution is -2.23. The Bertz CT molecular complexity index is 634. The minimum atomic E-state index is -0.216. The van der Waals surface area contributed by atoms with E-state index in [0.29, 0.717) is 22.0 Å². The zero-order chi connectivity index (χ0) is 15.4. The first-order valence-electron chi connectivity index (χ1n) is 6.63. The Kier molecular flexibility index (Phi) is 6.06. The normalized spacial score (nSPS) is 12.4. The Labute approximate surface area is 142 Å². The van der Waals surface area contributed by atoms with Gasteiger partial charge in [-0.3, -0.25) is 0 Å². The molecule has 0 aliphatic heterocycles. The first-order valence-corrected chi connectivity index (χ1v) is 8.18. The van der Waals surface area contributed by atoms with E-state index in [-0.39, 0.29) is 11.9 Å². The number of benzene rings is 2. The summed E-state index contributed by atoms with van der Waals surface area (Å²) < 4.78 is 14.8. The number of halogens is 4. The molecule has 0 radical (unpaired) electrons. The molecule has 0 aliphatic carbocycles. The van der Waals surface area contributed by atoms with E-state index in [1.807, 2.05) is 13.0 Å². The quantitative estimate of drug-likeness (QED) is 0.681. The lowest BCUT2D eigenvalue weighted by atomic mass is 9.98. The lowest BCUT2D eigenvalue weighted by Gasteiger charge is -2.20. The molecule has 0 saturated heterocycles. The molecule has 2 rings (SSSR count). The second kappa shape index (κ2) is 7.59. The number of hydrogen-bond donors (Lipinski definition) is 1. The van der Waals surface area contributed by atoms with Crippen molar-refractivity contribution in [1.82, 2.24) is 5.32 Å². The molecule has 0 heterocycles. The van der Waals surface area contributed by atoms with E-state index in [1.165, 1.54) is 6.07 Å². The van der Waals surface area contributed by atoms with Crippen molar-refractivity contribution < 1.29 is 4.39 Å². The van der Waals surface area contributed by atoms with Gasteiger partial charge in [0.1, 0.15) is 5.82 Å². The Hall–Kier alpha value is -0.610. The number of likely N-dealkylation sites (N-methyl/N-ethyl adjacent to an activating group) is 1. The van der Waals surface area contributed by atoms with Crippen molar-refractivity contribution in [2.75, 3.05) is 6.54 Å². The molecule has 0 spiro atoms. The van der Waals surface area contributed by atoms with E-state index in [1.54, 1.807) is 24.3 Å². The Morgan fingerprint density at radius 3 is 2.62 bits per heavy atom. The van der Waals surface area contributed by atoms with Crippen molar-refractivity contribution in [3.8, 4) is 0 Å². The highest BCUT2D eigenvalue weighted by Gasteiger charge is 2.17. The summed E-state index contributed by atoms with van der Waals surface area (Å²) in [7, 11) is 0. The van der Waals surface area contributed by atoms with E-state index < -0.39 is 0 Å². The summed E-state index contributed by atoms with van der Waals surface area (Å²) >= 11 is 15.6. The summed E-state index contributed by atoms with van der Waals surface area (Å²) in [4.78, 5) is 0.